The zero-order valence-corrected chi connectivity index (χ0v) is 13.8. The number of hydrogen-bond donors (Lipinski definition) is 1. The summed E-state index contributed by atoms with van der Waals surface area (Å²) in [6, 6.07) is 4.03. The Kier molecular flexibility index (Phi) is 3.88. The van der Waals surface area contributed by atoms with E-state index in [1.165, 1.54) is 15.8 Å². The van der Waals surface area contributed by atoms with Crippen molar-refractivity contribution in [1.29, 1.82) is 0 Å². The van der Waals surface area contributed by atoms with Crippen molar-refractivity contribution in [3.05, 3.63) is 39.1 Å². The lowest BCUT2D eigenvalue weighted by atomic mass is 10.1. The normalized spacial score (nSPS) is 11.1. The van der Waals surface area contributed by atoms with Crippen LogP contribution in [0.2, 0.25) is 0 Å². The van der Waals surface area contributed by atoms with Crippen LogP contribution in [0.25, 0.3) is 20.7 Å². The Balaban J connectivity index is 2.34. The number of aryl methyl sites for hydroxylation is 1. The van der Waals surface area contributed by atoms with Crippen molar-refractivity contribution in [2.75, 3.05) is 0 Å². The molecule has 0 aliphatic heterocycles. The van der Waals surface area contributed by atoms with Gasteiger partial charge in [0.05, 0.1) is 23.2 Å². The van der Waals surface area contributed by atoms with Gasteiger partial charge < -0.3 is 5.73 Å². The highest BCUT2D eigenvalue weighted by atomic mass is 32.1. The number of rotatable bonds is 4. The molecule has 21 heavy (non-hydrogen) atoms. The average molecular weight is 335 g/mol. The van der Waals surface area contributed by atoms with Crippen LogP contribution in [0.3, 0.4) is 0 Å². The summed E-state index contributed by atoms with van der Waals surface area (Å²) >= 11 is 8.11. The van der Waals surface area contributed by atoms with Crippen LogP contribution in [-0.4, -0.2) is 14.5 Å². The fourth-order valence-electron chi connectivity index (χ4n) is 2.28. The zero-order chi connectivity index (χ0) is 15.0. The van der Waals surface area contributed by atoms with E-state index in [0.717, 1.165) is 21.7 Å². The number of fused-ring (bicyclic) bond motifs is 1. The maximum atomic E-state index is 12.7. The fraction of sp³-hybridized carbons (Fsp3) is 0.214. The molecule has 0 aliphatic carbocycles. The minimum atomic E-state index is -0.0767. The maximum absolute atomic E-state index is 12.7. The topological polar surface area (TPSA) is 60.9 Å². The third kappa shape index (κ3) is 2.52. The molecule has 0 saturated carbocycles. The minimum Gasteiger partial charge on any atom is -0.392 e. The molecular formula is C14H13N3OS3. The number of nitrogens with two attached hydrogens (primary N) is 1. The van der Waals surface area contributed by atoms with Crippen LogP contribution in [0.15, 0.2) is 28.6 Å². The Morgan fingerprint density at radius 2 is 2.33 bits per heavy atom. The maximum Gasteiger partial charge on any atom is 0.263 e. The summed E-state index contributed by atoms with van der Waals surface area (Å²) in [7, 11) is 0. The van der Waals surface area contributed by atoms with Gasteiger partial charge in [-0.3, -0.25) is 9.36 Å². The van der Waals surface area contributed by atoms with Gasteiger partial charge in [-0.1, -0.05) is 25.2 Å². The molecule has 0 fully saturated rings. The first-order chi connectivity index (χ1) is 10.1. The molecule has 0 unspecified atom stereocenters. The summed E-state index contributed by atoms with van der Waals surface area (Å²) < 4.78 is 1.48. The van der Waals surface area contributed by atoms with Crippen LogP contribution in [0.4, 0.5) is 0 Å². The van der Waals surface area contributed by atoms with Gasteiger partial charge in [-0.15, -0.1) is 22.7 Å². The van der Waals surface area contributed by atoms with Crippen molar-refractivity contribution in [3.63, 3.8) is 0 Å². The van der Waals surface area contributed by atoms with Crippen LogP contribution in [0, 0.1) is 0 Å². The smallest absolute Gasteiger partial charge is 0.263 e. The lowest BCUT2D eigenvalue weighted by Gasteiger charge is -2.04. The third-order valence-electron chi connectivity index (χ3n) is 3.17. The molecule has 0 bridgehead atoms. The second kappa shape index (κ2) is 5.67. The summed E-state index contributed by atoms with van der Waals surface area (Å²) in [6.07, 6.45) is 2.40. The average Bonchev–Trinajstić information content (AvgIpc) is 3.07. The zero-order valence-electron chi connectivity index (χ0n) is 11.3. The Bertz CT molecular complexity index is 862. The van der Waals surface area contributed by atoms with Crippen LogP contribution in [0.1, 0.15) is 11.8 Å². The van der Waals surface area contributed by atoms with Gasteiger partial charge in [0.2, 0.25) is 0 Å². The summed E-state index contributed by atoms with van der Waals surface area (Å²) in [4.78, 5) is 20.5. The molecule has 2 N–H and O–H groups in total. The molecule has 3 heterocycles. The van der Waals surface area contributed by atoms with Crippen molar-refractivity contribution < 1.29 is 0 Å². The number of aromatic nitrogens is 2. The van der Waals surface area contributed by atoms with Gasteiger partial charge in [-0.25, -0.2) is 4.98 Å². The number of hydrogen-bond acceptors (Lipinski definition) is 5. The first kappa shape index (κ1) is 14.4. The van der Waals surface area contributed by atoms with E-state index in [0.29, 0.717) is 5.39 Å². The highest BCUT2D eigenvalue weighted by Gasteiger charge is 2.18. The van der Waals surface area contributed by atoms with Crippen LogP contribution in [-0.2, 0) is 13.0 Å². The van der Waals surface area contributed by atoms with E-state index in [1.807, 2.05) is 17.5 Å². The Hall–Kier alpha value is -1.57. The van der Waals surface area contributed by atoms with Crippen LogP contribution >= 0.6 is 34.9 Å². The quantitative estimate of drug-likeness (QED) is 0.745. The fourth-order valence-corrected chi connectivity index (χ4v) is 4.37. The van der Waals surface area contributed by atoms with Crippen molar-refractivity contribution in [3.8, 4) is 10.4 Å². The van der Waals surface area contributed by atoms with Crippen LogP contribution in [0.5, 0.6) is 0 Å². The molecule has 0 atom stereocenters. The lowest BCUT2D eigenvalue weighted by Crippen LogP contribution is -2.27. The molecule has 0 saturated heterocycles. The van der Waals surface area contributed by atoms with Gasteiger partial charge in [-0.2, -0.15) is 0 Å². The van der Waals surface area contributed by atoms with Gasteiger partial charge in [-0.05, 0) is 17.9 Å². The number of nitrogens with zero attached hydrogens (tertiary/aromatic N) is 2. The van der Waals surface area contributed by atoms with E-state index >= 15 is 0 Å². The molecular weight excluding hydrogens is 322 g/mol. The van der Waals surface area contributed by atoms with Gasteiger partial charge in [0, 0.05) is 15.3 Å². The largest absolute Gasteiger partial charge is 0.392 e. The second-order valence-corrected chi connectivity index (χ2v) is 7.11. The van der Waals surface area contributed by atoms with E-state index in [1.54, 1.807) is 22.7 Å². The standard InChI is InChI=1S/C14H13N3OS3/c1-2-8-11(9-4-3-5-20-9)12-13(21-8)16-7-17(14(12)18)6-10(15)19/h3-5,7H,2,6H2,1H3,(H2,15,19). The summed E-state index contributed by atoms with van der Waals surface area (Å²) in [6.45, 7) is 2.31. The summed E-state index contributed by atoms with van der Waals surface area (Å²) in [5.74, 6) is 0. The molecule has 0 amide bonds. The lowest BCUT2D eigenvalue weighted by molar-refractivity contribution is 0.796. The third-order valence-corrected chi connectivity index (χ3v) is 5.43. The second-order valence-electron chi connectivity index (χ2n) is 4.56. The van der Waals surface area contributed by atoms with Gasteiger partial charge in [0.15, 0.2) is 0 Å². The molecule has 4 nitrogen and oxygen atoms in total. The highest BCUT2D eigenvalue weighted by molar-refractivity contribution is 7.80. The molecule has 3 aromatic heterocycles. The first-order valence-electron chi connectivity index (χ1n) is 6.44. The number of thiocarbonyl (C=S) groups is 1. The summed E-state index contributed by atoms with van der Waals surface area (Å²) in [5.41, 5.74) is 6.49. The van der Waals surface area contributed by atoms with Gasteiger partial charge in [0.1, 0.15) is 4.83 Å². The summed E-state index contributed by atoms with van der Waals surface area (Å²) in [5, 5.41) is 2.69. The minimum absolute atomic E-state index is 0.0767. The predicted molar refractivity (Wildman–Crippen MR) is 93.4 cm³/mol. The SMILES string of the molecule is CCc1sc2ncn(CC(N)=S)c(=O)c2c1-c1cccs1. The van der Waals surface area contributed by atoms with Crippen molar-refractivity contribution in [2.45, 2.75) is 19.9 Å². The van der Waals surface area contributed by atoms with Gasteiger partial charge >= 0.3 is 0 Å². The molecule has 108 valence electrons. The molecule has 0 aromatic carbocycles. The van der Waals surface area contributed by atoms with E-state index in [2.05, 4.69) is 11.9 Å². The van der Waals surface area contributed by atoms with Crippen LogP contribution < -0.4 is 11.3 Å². The Morgan fingerprint density at radius 1 is 1.52 bits per heavy atom. The monoisotopic (exact) mass is 335 g/mol. The molecule has 7 heteroatoms. The Morgan fingerprint density at radius 3 is 2.95 bits per heavy atom. The van der Waals surface area contributed by atoms with E-state index in [9.17, 15) is 4.79 Å². The van der Waals surface area contributed by atoms with Gasteiger partial charge in [0.25, 0.3) is 5.56 Å². The van der Waals surface area contributed by atoms with Crippen molar-refractivity contribution in [1.82, 2.24) is 9.55 Å². The van der Waals surface area contributed by atoms with E-state index in [4.69, 9.17) is 18.0 Å². The molecule has 0 radical (unpaired) electrons. The van der Waals surface area contributed by atoms with Crippen molar-refractivity contribution in [2.24, 2.45) is 5.73 Å². The molecule has 0 aliphatic rings. The molecule has 0 spiro atoms. The van der Waals surface area contributed by atoms with E-state index < -0.39 is 0 Å². The molecule has 3 rings (SSSR count). The highest BCUT2D eigenvalue weighted by Crippen LogP contribution is 2.38. The Labute approximate surface area is 134 Å². The van der Waals surface area contributed by atoms with E-state index in [-0.39, 0.29) is 17.1 Å². The first-order valence-corrected chi connectivity index (χ1v) is 8.55. The molecule has 3 aromatic rings. The van der Waals surface area contributed by atoms with Crippen molar-refractivity contribution >= 4 is 50.1 Å². The number of thiophene rings is 2. The predicted octanol–water partition coefficient (Wildman–Crippen LogP) is 3.04.